The Morgan fingerprint density at radius 2 is 1.97 bits per heavy atom. The molecule has 1 aromatic heterocycles. The number of aromatic nitrogens is 2. The first-order chi connectivity index (χ1) is 14.1. The largest absolute Gasteiger partial charge is 0.493 e. The fourth-order valence-corrected chi connectivity index (χ4v) is 2.67. The van der Waals surface area contributed by atoms with E-state index < -0.39 is 0 Å². The Kier molecular flexibility index (Phi) is 6.91. The van der Waals surface area contributed by atoms with Crippen molar-refractivity contribution in [2.45, 2.75) is 13.5 Å². The van der Waals surface area contributed by atoms with E-state index in [0.717, 1.165) is 11.3 Å². The summed E-state index contributed by atoms with van der Waals surface area (Å²) in [5.41, 5.74) is 1.63. The monoisotopic (exact) mass is 415 g/mol. The molecule has 0 unspecified atom stereocenters. The van der Waals surface area contributed by atoms with E-state index in [-0.39, 0.29) is 0 Å². The van der Waals surface area contributed by atoms with Gasteiger partial charge in [-0.15, -0.1) is 0 Å². The van der Waals surface area contributed by atoms with E-state index in [9.17, 15) is 0 Å². The van der Waals surface area contributed by atoms with Gasteiger partial charge in [-0.1, -0.05) is 16.8 Å². The summed E-state index contributed by atoms with van der Waals surface area (Å²) in [5.74, 6) is 2.80. The van der Waals surface area contributed by atoms with Crippen molar-refractivity contribution in [3.63, 3.8) is 0 Å². The number of nitrogens with one attached hydrogen (secondary N) is 2. The van der Waals surface area contributed by atoms with Crippen molar-refractivity contribution < 1.29 is 14.0 Å². The second-order valence-corrected chi connectivity index (χ2v) is 6.30. The van der Waals surface area contributed by atoms with Crippen molar-refractivity contribution in [1.29, 1.82) is 0 Å². The van der Waals surface area contributed by atoms with E-state index in [1.807, 2.05) is 37.3 Å². The third-order valence-electron chi connectivity index (χ3n) is 3.93. The number of ether oxygens (including phenoxy) is 2. The highest BCUT2D eigenvalue weighted by atomic mass is 35.5. The van der Waals surface area contributed by atoms with Gasteiger partial charge in [-0.2, -0.15) is 4.98 Å². The lowest BCUT2D eigenvalue weighted by Gasteiger charge is -2.14. The summed E-state index contributed by atoms with van der Waals surface area (Å²) in [6.45, 7) is 2.78. The lowest BCUT2D eigenvalue weighted by atomic mass is 10.2. The fraction of sp³-hybridized carbons (Fsp3) is 0.250. The van der Waals surface area contributed by atoms with Gasteiger partial charge in [-0.3, -0.25) is 4.99 Å². The Morgan fingerprint density at radius 1 is 1.17 bits per heavy atom. The van der Waals surface area contributed by atoms with Crippen LogP contribution in [0.25, 0.3) is 11.4 Å². The van der Waals surface area contributed by atoms with Gasteiger partial charge in [0.2, 0.25) is 11.7 Å². The maximum absolute atomic E-state index is 5.91. The molecule has 0 amide bonds. The fourth-order valence-electron chi connectivity index (χ4n) is 2.54. The highest BCUT2D eigenvalue weighted by molar-refractivity contribution is 6.30. The number of hydrogen-bond donors (Lipinski definition) is 2. The molecular formula is C20H22ClN5O3. The summed E-state index contributed by atoms with van der Waals surface area (Å²) < 4.78 is 16.2. The van der Waals surface area contributed by atoms with Gasteiger partial charge in [-0.25, -0.2) is 0 Å². The summed E-state index contributed by atoms with van der Waals surface area (Å²) in [6.07, 6.45) is 0. The van der Waals surface area contributed by atoms with Crippen molar-refractivity contribution >= 4 is 23.2 Å². The van der Waals surface area contributed by atoms with Crippen molar-refractivity contribution in [3.8, 4) is 22.9 Å². The standard InChI is InChI=1S/C20H22ClN5O3/c1-4-28-17-11-15(9-10-16(17)27-3)24-20(22-2)23-12-18-25-19(26-29-18)13-5-7-14(21)8-6-13/h5-11H,4,12H2,1-3H3,(H2,22,23,24). The molecule has 0 radical (unpaired) electrons. The highest BCUT2D eigenvalue weighted by Gasteiger charge is 2.10. The van der Waals surface area contributed by atoms with Crippen LogP contribution in [-0.2, 0) is 6.54 Å². The number of guanidine groups is 1. The summed E-state index contributed by atoms with van der Waals surface area (Å²) >= 11 is 5.91. The summed E-state index contributed by atoms with van der Waals surface area (Å²) in [4.78, 5) is 8.59. The van der Waals surface area contributed by atoms with Gasteiger partial charge in [0.15, 0.2) is 17.5 Å². The highest BCUT2D eigenvalue weighted by Crippen LogP contribution is 2.30. The van der Waals surface area contributed by atoms with Gasteiger partial charge in [-0.05, 0) is 43.3 Å². The van der Waals surface area contributed by atoms with Crippen LogP contribution in [0.2, 0.25) is 5.02 Å². The smallest absolute Gasteiger partial charge is 0.246 e. The van der Waals surface area contributed by atoms with Gasteiger partial charge in [0.25, 0.3) is 0 Å². The molecule has 0 spiro atoms. The van der Waals surface area contributed by atoms with E-state index in [2.05, 4.69) is 25.8 Å². The number of nitrogens with zero attached hydrogens (tertiary/aromatic N) is 3. The Morgan fingerprint density at radius 3 is 2.66 bits per heavy atom. The van der Waals surface area contributed by atoms with E-state index in [1.54, 1.807) is 26.3 Å². The number of rotatable bonds is 7. The van der Waals surface area contributed by atoms with Gasteiger partial charge in [0, 0.05) is 29.4 Å². The minimum Gasteiger partial charge on any atom is -0.493 e. The first-order valence-electron chi connectivity index (χ1n) is 9.00. The Balaban J connectivity index is 1.63. The molecule has 3 aromatic rings. The molecule has 9 heteroatoms. The first-order valence-corrected chi connectivity index (χ1v) is 9.37. The number of benzene rings is 2. The van der Waals surface area contributed by atoms with Gasteiger partial charge in [0.05, 0.1) is 20.3 Å². The number of anilines is 1. The van der Waals surface area contributed by atoms with Gasteiger partial charge in [0.1, 0.15) is 0 Å². The Labute approximate surface area is 173 Å². The molecule has 0 fully saturated rings. The average Bonchev–Trinajstić information content (AvgIpc) is 3.21. The first kappa shape index (κ1) is 20.5. The molecule has 2 aromatic carbocycles. The Bertz CT molecular complexity index is 973. The maximum atomic E-state index is 5.91. The normalized spacial score (nSPS) is 11.2. The molecule has 2 N–H and O–H groups in total. The lowest BCUT2D eigenvalue weighted by Crippen LogP contribution is -2.30. The summed E-state index contributed by atoms with van der Waals surface area (Å²) in [7, 11) is 3.28. The van der Waals surface area contributed by atoms with Crippen LogP contribution in [0, 0.1) is 0 Å². The van der Waals surface area contributed by atoms with Crippen LogP contribution < -0.4 is 20.1 Å². The minimum absolute atomic E-state index is 0.314. The van der Waals surface area contributed by atoms with Gasteiger partial charge >= 0.3 is 0 Å². The van der Waals surface area contributed by atoms with E-state index in [4.69, 9.17) is 25.6 Å². The lowest BCUT2D eigenvalue weighted by molar-refractivity contribution is 0.311. The molecule has 0 aliphatic carbocycles. The van der Waals surface area contributed by atoms with Crippen LogP contribution in [0.15, 0.2) is 52.0 Å². The van der Waals surface area contributed by atoms with E-state index in [1.165, 1.54) is 0 Å². The molecule has 3 rings (SSSR count). The summed E-state index contributed by atoms with van der Waals surface area (Å²) in [6, 6.07) is 12.8. The molecule has 0 atom stereocenters. The van der Waals surface area contributed by atoms with Crippen LogP contribution in [0.3, 0.4) is 0 Å². The molecule has 0 saturated heterocycles. The zero-order valence-electron chi connectivity index (χ0n) is 16.4. The summed E-state index contributed by atoms with van der Waals surface area (Å²) in [5, 5.41) is 11.0. The van der Waals surface area contributed by atoms with Crippen molar-refractivity contribution in [2.24, 2.45) is 4.99 Å². The number of halogens is 1. The van der Waals surface area contributed by atoms with Crippen molar-refractivity contribution in [3.05, 3.63) is 53.4 Å². The third kappa shape index (κ3) is 5.39. The molecule has 0 aliphatic heterocycles. The second-order valence-electron chi connectivity index (χ2n) is 5.87. The number of hydrogen-bond acceptors (Lipinski definition) is 6. The molecule has 0 saturated carbocycles. The molecule has 0 bridgehead atoms. The topological polar surface area (TPSA) is 93.8 Å². The van der Waals surface area contributed by atoms with Crippen molar-refractivity contribution in [1.82, 2.24) is 15.5 Å². The third-order valence-corrected chi connectivity index (χ3v) is 4.18. The number of methoxy groups -OCH3 is 1. The number of aliphatic imine (C=N–C) groups is 1. The van der Waals surface area contributed by atoms with Crippen LogP contribution >= 0.6 is 11.6 Å². The molecule has 8 nitrogen and oxygen atoms in total. The molecule has 0 aliphatic rings. The SMILES string of the molecule is CCOc1cc(NC(=NC)NCc2nc(-c3ccc(Cl)cc3)no2)ccc1OC. The van der Waals surface area contributed by atoms with Crippen LogP contribution in [0.1, 0.15) is 12.8 Å². The minimum atomic E-state index is 0.314. The predicted octanol–water partition coefficient (Wildman–Crippen LogP) is 3.98. The quantitative estimate of drug-likeness (QED) is 0.445. The van der Waals surface area contributed by atoms with Gasteiger partial charge < -0.3 is 24.6 Å². The van der Waals surface area contributed by atoms with E-state index in [0.29, 0.717) is 47.3 Å². The van der Waals surface area contributed by atoms with Crippen LogP contribution in [0.5, 0.6) is 11.5 Å². The maximum Gasteiger partial charge on any atom is 0.246 e. The van der Waals surface area contributed by atoms with Crippen molar-refractivity contribution in [2.75, 3.05) is 26.1 Å². The van der Waals surface area contributed by atoms with Crippen LogP contribution in [0.4, 0.5) is 5.69 Å². The van der Waals surface area contributed by atoms with Crippen LogP contribution in [-0.4, -0.2) is 36.9 Å². The van der Waals surface area contributed by atoms with E-state index >= 15 is 0 Å². The second kappa shape index (κ2) is 9.79. The zero-order chi connectivity index (χ0) is 20.6. The molecular weight excluding hydrogens is 394 g/mol. The Hall–Kier alpha value is -3.26. The molecule has 1 heterocycles. The molecule has 152 valence electrons. The zero-order valence-corrected chi connectivity index (χ0v) is 17.2. The molecule has 29 heavy (non-hydrogen) atoms. The predicted molar refractivity (Wildman–Crippen MR) is 113 cm³/mol. The average molecular weight is 416 g/mol.